The third kappa shape index (κ3) is 4.96. The Morgan fingerprint density at radius 2 is 1.79 bits per heavy atom. The number of carbonyl (C=O) groups is 2. The van der Waals surface area contributed by atoms with E-state index in [1.165, 1.54) is 24.3 Å². The minimum absolute atomic E-state index is 0.0216. The van der Waals surface area contributed by atoms with Crippen molar-refractivity contribution in [3.63, 3.8) is 0 Å². The molecule has 1 saturated carbocycles. The summed E-state index contributed by atoms with van der Waals surface area (Å²) in [6.45, 7) is 2.19. The van der Waals surface area contributed by atoms with Gasteiger partial charge in [-0.1, -0.05) is 25.1 Å². The fraction of sp³-hybridized carbons (Fsp3) is 0.300. The lowest BCUT2D eigenvalue weighted by atomic mass is 10.1. The van der Waals surface area contributed by atoms with Crippen molar-refractivity contribution in [1.29, 1.82) is 0 Å². The summed E-state index contributed by atoms with van der Waals surface area (Å²) < 4.78 is 27.0. The van der Waals surface area contributed by atoms with Crippen molar-refractivity contribution >= 4 is 27.5 Å². The largest absolute Gasteiger partial charge is 0.349 e. The van der Waals surface area contributed by atoms with Gasteiger partial charge in [-0.2, -0.15) is 0 Å². The Morgan fingerprint density at radius 1 is 1.04 bits per heavy atom. The van der Waals surface area contributed by atoms with E-state index in [0.29, 0.717) is 24.2 Å². The number of benzene rings is 2. The van der Waals surface area contributed by atoms with Crippen molar-refractivity contribution in [2.24, 2.45) is 0 Å². The zero-order valence-corrected chi connectivity index (χ0v) is 16.4. The highest BCUT2D eigenvalue weighted by molar-refractivity contribution is 7.89. The van der Waals surface area contributed by atoms with E-state index in [1.807, 2.05) is 6.92 Å². The van der Waals surface area contributed by atoms with E-state index in [0.717, 1.165) is 12.8 Å². The van der Waals surface area contributed by atoms with Crippen LogP contribution in [0.25, 0.3) is 0 Å². The SMILES string of the molecule is CCCNS(=O)(=O)c1cccc(C(=O)Nc2ccccc2C(=O)NC2CC2)c1. The summed E-state index contributed by atoms with van der Waals surface area (Å²) in [5.41, 5.74) is 0.941. The predicted molar refractivity (Wildman–Crippen MR) is 107 cm³/mol. The number of hydrogen-bond acceptors (Lipinski definition) is 4. The van der Waals surface area contributed by atoms with Gasteiger partial charge in [-0.3, -0.25) is 9.59 Å². The molecule has 3 N–H and O–H groups in total. The molecular weight excluding hydrogens is 378 g/mol. The maximum atomic E-state index is 12.7. The van der Waals surface area contributed by atoms with Gasteiger partial charge >= 0.3 is 0 Å². The van der Waals surface area contributed by atoms with Crippen molar-refractivity contribution in [2.75, 3.05) is 11.9 Å². The Kier molecular flexibility index (Phi) is 6.11. The summed E-state index contributed by atoms with van der Waals surface area (Å²) in [4.78, 5) is 25.1. The van der Waals surface area contributed by atoms with Crippen molar-refractivity contribution in [1.82, 2.24) is 10.0 Å². The maximum Gasteiger partial charge on any atom is 0.255 e. The highest BCUT2D eigenvalue weighted by Gasteiger charge is 2.25. The van der Waals surface area contributed by atoms with Gasteiger partial charge in [0.25, 0.3) is 11.8 Å². The summed E-state index contributed by atoms with van der Waals surface area (Å²) in [6.07, 6.45) is 2.60. The van der Waals surface area contributed by atoms with Gasteiger partial charge in [0.05, 0.1) is 16.1 Å². The highest BCUT2D eigenvalue weighted by Crippen LogP contribution is 2.22. The number of carbonyl (C=O) groups excluding carboxylic acids is 2. The van der Waals surface area contributed by atoms with Crippen LogP contribution < -0.4 is 15.4 Å². The monoisotopic (exact) mass is 401 g/mol. The number of sulfonamides is 1. The van der Waals surface area contributed by atoms with Crippen LogP contribution in [0.2, 0.25) is 0 Å². The van der Waals surface area contributed by atoms with Crippen LogP contribution in [-0.2, 0) is 10.0 Å². The molecular formula is C20H23N3O4S. The molecule has 0 aliphatic heterocycles. The molecule has 7 nitrogen and oxygen atoms in total. The standard InChI is InChI=1S/C20H23N3O4S/c1-2-12-21-28(26,27)16-7-5-6-14(13-16)19(24)23-18-9-4-3-8-17(18)20(25)22-15-10-11-15/h3-9,13,15,21H,2,10-12H2,1H3,(H,22,25)(H,23,24). The summed E-state index contributed by atoms with van der Waals surface area (Å²) in [5.74, 6) is -0.724. The number of hydrogen-bond donors (Lipinski definition) is 3. The van der Waals surface area contributed by atoms with Crippen LogP contribution in [0.4, 0.5) is 5.69 Å². The van der Waals surface area contributed by atoms with Gasteiger partial charge in [0, 0.05) is 18.2 Å². The second kappa shape index (κ2) is 8.53. The zero-order chi connectivity index (χ0) is 20.1. The van der Waals surface area contributed by atoms with Crippen LogP contribution in [0, 0.1) is 0 Å². The first-order valence-corrected chi connectivity index (χ1v) is 10.7. The van der Waals surface area contributed by atoms with Gasteiger partial charge < -0.3 is 10.6 Å². The zero-order valence-electron chi connectivity index (χ0n) is 15.6. The topological polar surface area (TPSA) is 104 Å². The van der Waals surface area contributed by atoms with Crippen LogP contribution in [0.5, 0.6) is 0 Å². The molecule has 8 heteroatoms. The molecule has 1 aliphatic carbocycles. The third-order valence-corrected chi connectivity index (χ3v) is 5.74. The first-order chi connectivity index (χ1) is 13.4. The van der Waals surface area contributed by atoms with E-state index in [1.54, 1.807) is 24.3 Å². The van der Waals surface area contributed by atoms with Gasteiger partial charge in [0.1, 0.15) is 0 Å². The molecule has 0 aromatic heterocycles. The van der Waals surface area contributed by atoms with E-state index in [-0.39, 0.29) is 22.4 Å². The first-order valence-electron chi connectivity index (χ1n) is 9.21. The van der Waals surface area contributed by atoms with Gasteiger partial charge in [0.15, 0.2) is 0 Å². The quantitative estimate of drug-likeness (QED) is 0.632. The van der Waals surface area contributed by atoms with E-state index >= 15 is 0 Å². The molecule has 1 aliphatic rings. The minimum Gasteiger partial charge on any atom is -0.349 e. The molecule has 28 heavy (non-hydrogen) atoms. The van der Waals surface area contributed by atoms with Crippen LogP contribution >= 0.6 is 0 Å². The number of amides is 2. The van der Waals surface area contributed by atoms with Crippen molar-refractivity contribution in [3.05, 3.63) is 59.7 Å². The number of para-hydroxylation sites is 1. The molecule has 0 atom stereocenters. The van der Waals surface area contributed by atoms with E-state index < -0.39 is 15.9 Å². The van der Waals surface area contributed by atoms with Crippen LogP contribution in [0.1, 0.15) is 46.9 Å². The Balaban J connectivity index is 1.79. The lowest BCUT2D eigenvalue weighted by Crippen LogP contribution is -2.27. The molecule has 2 aromatic carbocycles. The molecule has 0 spiro atoms. The molecule has 3 rings (SSSR count). The van der Waals surface area contributed by atoms with Crippen molar-refractivity contribution < 1.29 is 18.0 Å². The fourth-order valence-electron chi connectivity index (χ4n) is 2.60. The molecule has 1 fully saturated rings. The lowest BCUT2D eigenvalue weighted by molar-refractivity contribution is 0.0952. The average molecular weight is 401 g/mol. The van der Waals surface area contributed by atoms with Crippen molar-refractivity contribution in [2.45, 2.75) is 37.1 Å². The molecule has 2 amide bonds. The van der Waals surface area contributed by atoms with Crippen LogP contribution in [0.15, 0.2) is 53.4 Å². The first kappa shape index (κ1) is 20.0. The summed E-state index contributed by atoms with van der Waals surface area (Å²) in [7, 11) is -3.67. The Bertz CT molecular complexity index is 984. The molecule has 2 aromatic rings. The minimum atomic E-state index is -3.67. The Morgan fingerprint density at radius 3 is 2.50 bits per heavy atom. The number of rotatable bonds is 8. The van der Waals surface area contributed by atoms with Crippen molar-refractivity contribution in [3.8, 4) is 0 Å². The van der Waals surface area contributed by atoms with Crippen LogP contribution in [0.3, 0.4) is 0 Å². The molecule has 0 unspecified atom stereocenters. The molecule has 0 saturated heterocycles. The van der Waals surface area contributed by atoms with Crippen LogP contribution in [-0.4, -0.2) is 32.8 Å². The second-order valence-corrected chi connectivity index (χ2v) is 8.44. The van der Waals surface area contributed by atoms with E-state index in [2.05, 4.69) is 15.4 Å². The van der Waals surface area contributed by atoms with E-state index in [4.69, 9.17) is 0 Å². The predicted octanol–water partition coefficient (Wildman–Crippen LogP) is 2.52. The van der Waals surface area contributed by atoms with Gasteiger partial charge in [-0.05, 0) is 49.6 Å². The van der Waals surface area contributed by atoms with E-state index in [9.17, 15) is 18.0 Å². The third-order valence-electron chi connectivity index (χ3n) is 4.28. The number of nitrogens with one attached hydrogen (secondary N) is 3. The summed E-state index contributed by atoms with van der Waals surface area (Å²) in [6, 6.07) is 12.7. The maximum absolute atomic E-state index is 12.7. The lowest BCUT2D eigenvalue weighted by Gasteiger charge is -2.12. The Hall–Kier alpha value is -2.71. The average Bonchev–Trinajstić information content (AvgIpc) is 3.51. The molecule has 0 heterocycles. The molecule has 0 radical (unpaired) electrons. The van der Waals surface area contributed by atoms with Gasteiger partial charge in [-0.25, -0.2) is 13.1 Å². The van der Waals surface area contributed by atoms with Gasteiger partial charge in [-0.15, -0.1) is 0 Å². The fourth-order valence-corrected chi connectivity index (χ4v) is 3.78. The molecule has 148 valence electrons. The normalized spacial score (nSPS) is 13.8. The summed E-state index contributed by atoms with van der Waals surface area (Å²) in [5, 5.41) is 5.60. The summed E-state index contributed by atoms with van der Waals surface area (Å²) >= 11 is 0. The highest BCUT2D eigenvalue weighted by atomic mass is 32.2. The Labute approximate surface area is 164 Å². The second-order valence-electron chi connectivity index (χ2n) is 6.67. The van der Waals surface area contributed by atoms with Gasteiger partial charge in [0.2, 0.25) is 10.0 Å². The molecule has 0 bridgehead atoms. The smallest absolute Gasteiger partial charge is 0.255 e. The number of anilines is 1.